The number of benzene rings is 1. The predicted octanol–water partition coefficient (Wildman–Crippen LogP) is 5.20. The van der Waals surface area contributed by atoms with Gasteiger partial charge in [0.25, 0.3) is 0 Å². The molecule has 0 aliphatic rings. The Balaban J connectivity index is 3.51. The first kappa shape index (κ1) is 17.4. The van der Waals surface area contributed by atoms with Gasteiger partial charge < -0.3 is 0 Å². The summed E-state index contributed by atoms with van der Waals surface area (Å²) in [6.07, 6.45) is 0. The van der Waals surface area contributed by atoms with Gasteiger partial charge in [0.1, 0.15) is 0 Å². The van der Waals surface area contributed by atoms with E-state index in [1.807, 2.05) is 6.07 Å². The maximum atomic E-state index is 10.6. The van der Waals surface area contributed by atoms with Gasteiger partial charge in [-0.1, -0.05) is 0 Å². The van der Waals surface area contributed by atoms with Crippen LogP contribution in [-0.2, 0) is 10.8 Å². The molecule has 0 amide bonds. The molecule has 1 rings (SSSR count). The molecular formula is C17H30GeO2. The first-order valence-electron chi connectivity index (χ1n) is 7.29. The molecule has 114 valence electrons. The number of hydrogen-bond acceptors (Lipinski definition) is 2. The monoisotopic (exact) mass is 340 g/mol. The van der Waals surface area contributed by atoms with Gasteiger partial charge in [0, 0.05) is 0 Å². The van der Waals surface area contributed by atoms with Crippen molar-refractivity contribution in [2.75, 3.05) is 0 Å². The molecule has 2 nitrogen and oxygen atoms in total. The van der Waals surface area contributed by atoms with Crippen molar-refractivity contribution in [3.8, 4) is 11.5 Å². The maximum absolute atomic E-state index is 10.6. The average Bonchev–Trinajstić information content (AvgIpc) is 2.15. The fraction of sp³-hybridized carbons (Fsp3) is 0.647. The van der Waals surface area contributed by atoms with E-state index in [0.29, 0.717) is 11.5 Å². The Morgan fingerprint density at radius 1 is 0.900 bits per heavy atom. The summed E-state index contributed by atoms with van der Waals surface area (Å²) in [6, 6.07) is 4.14. The van der Waals surface area contributed by atoms with Crippen LogP contribution in [0.15, 0.2) is 12.1 Å². The fourth-order valence-corrected chi connectivity index (χ4v) is 3.73. The van der Waals surface area contributed by atoms with Gasteiger partial charge in [0.05, 0.1) is 0 Å². The van der Waals surface area contributed by atoms with Crippen molar-refractivity contribution in [1.29, 1.82) is 0 Å². The summed E-state index contributed by atoms with van der Waals surface area (Å²) in [4.78, 5) is 0. The molecule has 1 aromatic rings. The van der Waals surface area contributed by atoms with Gasteiger partial charge in [-0.15, -0.1) is 0 Å². The summed E-state index contributed by atoms with van der Waals surface area (Å²) in [5, 5.41) is 10.6. The van der Waals surface area contributed by atoms with Crippen molar-refractivity contribution in [2.24, 2.45) is 0 Å². The minimum atomic E-state index is -2.25. The van der Waals surface area contributed by atoms with Crippen LogP contribution in [0.2, 0.25) is 17.3 Å². The fourth-order valence-electron chi connectivity index (χ4n) is 2.02. The van der Waals surface area contributed by atoms with Gasteiger partial charge in [0.2, 0.25) is 0 Å². The first-order valence-corrected chi connectivity index (χ1v) is 14.4. The van der Waals surface area contributed by atoms with Crippen molar-refractivity contribution in [3.05, 3.63) is 23.3 Å². The van der Waals surface area contributed by atoms with Gasteiger partial charge in [-0.3, -0.25) is 0 Å². The Morgan fingerprint density at radius 2 is 1.40 bits per heavy atom. The second-order valence-electron chi connectivity index (χ2n) is 8.58. The summed E-state index contributed by atoms with van der Waals surface area (Å²) in [5.41, 5.74) is 2.11. The van der Waals surface area contributed by atoms with Crippen LogP contribution in [0.5, 0.6) is 11.5 Å². The normalized spacial score (nSPS) is 13.4. The molecule has 20 heavy (non-hydrogen) atoms. The minimum absolute atomic E-state index is 0.0384. The van der Waals surface area contributed by atoms with Crippen molar-refractivity contribution in [3.63, 3.8) is 0 Å². The zero-order valence-corrected chi connectivity index (χ0v) is 16.6. The van der Waals surface area contributed by atoms with Crippen LogP contribution in [0, 0.1) is 0 Å². The Bertz CT molecular complexity index is 485. The molecule has 0 bridgehead atoms. The van der Waals surface area contributed by atoms with Gasteiger partial charge in [-0.25, -0.2) is 0 Å². The molecule has 0 aliphatic heterocycles. The third-order valence-electron chi connectivity index (χ3n) is 3.17. The SMILES string of the molecule is CC(C)(C)c1cc([O][Ge]([CH3])([CH3])[CH3])c(O)c(C(C)(C)C)c1. The predicted molar refractivity (Wildman–Crippen MR) is 89.5 cm³/mol. The number of phenols is 1. The van der Waals surface area contributed by atoms with Gasteiger partial charge in [-0.2, -0.15) is 0 Å². The van der Waals surface area contributed by atoms with E-state index in [-0.39, 0.29) is 10.8 Å². The molecule has 0 saturated heterocycles. The number of hydrogen-bond donors (Lipinski definition) is 1. The molecule has 0 unspecified atom stereocenters. The summed E-state index contributed by atoms with van der Waals surface area (Å²) >= 11 is -2.25. The molecule has 0 radical (unpaired) electrons. The van der Waals surface area contributed by atoms with E-state index < -0.39 is 13.6 Å². The van der Waals surface area contributed by atoms with Crippen molar-refractivity contribution in [1.82, 2.24) is 0 Å². The van der Waals surface area contributed by atoms with Crippen molar-refractivity contribution < 1.29 is 8.87 Å². The Hall–Kier alpha value is -0.637. The number of phenolic OH excluding ortho intramolecular Hbond substituents is 1. The van der Waals surface area contributed by atoms with E-state index in [4.69, 9.17) is 3.76 Å². The molecule has 1 aromatic carbocycles. The molecule has 0 atom stereocenters. The van der Waals surface area contributed by atoms with E-state index in [0.717, 1.165) is 5.56 Å². The number of aromatic hydroxyl groups is 1. The first-order chi connectivity index (χ1) is 8.72. The van der Waals surface area contributed by atoms with Gasteiger partial charge in [-0.05, 0) is 0 Å². The summed E-state index contributed by atoms with van der Waals surface area (Å²) in [6.45, 7) is 12.9. The van der Waals surface area contributed by atoms with E-state index in [9.17, 15) is 5.11 Å². The number of rotatable bonds is 2. The van der Waals surface area contributed by atoms with E-state index in [1.165, 1.54) is 5.56 Å². The summed E-state index contributed by atoms with van der Waals surface area (Å²) in [7, 11) is 0. The van der Waals surface area contributed by atoms with Crippen LogP contribution in [-0.4, -0.2) is 18.7 Å². The topological polar surface area (TPSA) is 29.5 Å². The Labute approximate surface area is 127 Å². The molecule has 1 N–H and O–H groups in total. The van der Waals surface area contributed by atoms with Crippen LogP contribution in [0.4, 0.5) is 0 Å². The van der Waals surface area contributed by atoms with Crippen LogP contribution in [0.25, 0.3) is 0 Å². The second kappa shape index (κ2) is 5.29. The van der Waals surface area contributed by atoms with Crippen LogP contribution < -0.4 is 3.76 Å². The molecule has 3 heteroatoms. The van der Waals surface area contributed by atoms with E-state index in [2.05, 4.69) is 64.9 Å². The van der Waals surface area contributed by atoms with Gasteiger partial charge in [0.15, 0.2) is 0 Å². The second-order valence-corrected chi connectivity index (χ2v) is 17.9. The Kier molecular flexibility index (Phi) is 4.60. The van der Waals surface area contributed by atoms with Crippen LogP contribution >= 0.6 is 0 Å². The standard InChI is InChI=1S/C17H30GeO2/c1-16(2,3)12-10-13(17(4,5)6)15(19)14(11-12)20-18(7,8)9/h10-11,19H,1-9H3. The van der Waals surface area contributed by atoms with Gasteiger partial charge >= 0.3 is 127 Å². The van der Waals surface area contributed by atoms with Crippen molar-refractivity contribution in [2.45, 2.75) is 69.6 Å². The summed E-state index contributed by atoms with van der Waals surface area (Å²) in [5.74, 6) is 7.51. The molecule has 0 spiro atoms. The van der Waals surface area contributed by atoms with Crippen LogP contribution in [0.3, 0.4) is 0 Å². The average molecular weight is 339 g/mol. The van der Waals surface area contributed by atoms with Crippen molar-refractivity contribution >= 4 is 13.6 Å². The molecule has 0 aliphatic carbocycles. The Morgan fingerprint density at radius 3 is 1.75 bits per heavy atom. The van der Waals surface area contributed by atoms with E-state index >= 15 is 0 Å². The molecule has 0 aromatic heterocycles. The molecule has 0 saturated carbocycles. The zero-order chi connectivity index (χ0) is 15.9. The molecule has 0 fully saturated rings. The zero-order valence-electron chi connectivity index (χ0n) is 14.5. The molecular weight excluding hydrogens is 309 g/mol. The molecule has 0 heterocycles. The summed E-state index contributed by atoms with van der Waals surface area (Å²) < 4.78 is 6.14. The third kappa shape index (κ3) is 4.44. The third-order valence-corrected chi connectivity index (χ3v) is 4.91. The van der Waals surface area contributed by atoms with E-state index in [1.54, 1.807) is 0 Å². The quantitative estimate of drug-likeness (QED) is 0.751. The van der Waals surface area contributed by atoms with Crippen LogP contribution in [0.1, 0.15) is 52.7 Å².